The van der Waals surface area contributed by atoms with E-state index in [9.17, 15) is 8.42 Å². The molecule has 0 aliphatic rings. The standard InChI is InChI=1S/C18H22O3S/c1-14-15(2)21-18(17(14)12-13-22(3,19)20)11-7-10-16-8-5-4-6-9-16/h4-6,8-9,12-13H,7,10-11H2,1-3H3/b13-12+. The van der Waals surface area contributed by atoms with Gasteiger partial charge in [0.15, 0.2) is 9.84 Å². The van der Waals surface area contributed by atoms with E-state index in [0.29, 0.717) is 0 Å². The first-order valence-electron chi connectivity index (χ1n) is 7.38. The molecule has 22 heavy (non-hydrogen) atoms. The van der Waals surface area contributed by atoms with Crippen LogP contribution in [0.5, 0.6) is 0 Å². The van der Waals surface area contributed by atoms with Gasteiger partial charge in [0.1, 0.15) is 11.5 Å². The normalized spacial score (nSPS) is 12.1. The first-order chi connectivity index (χ1) is 10.4. The summed E-state index contributed by atoms with van der Waals surface area (Å²) >= 11 is 0. The molecule has 1 aromatic heterocycles. The average molecular weight is 318 g/mol. The van der Waals surface area contributed by atoms with Gasteiger partial charge in [-0.3, -0.25) is 0 Å². The average Bonchev–Trinajstić information content (AvgIpc) is 2.72. The molecule has 0 aliphatic carbocycles. The van der Waals surface area contributed by atoms with Crippen molar-refractivity contribution in [2.75, 3.05) is 6.26 Å². The van der Waals surface area contributed by atoms with E-state index in [-0.39, 0.29) is 0 Å². The fourth-order valence-corrected chi connectivity index (χ4v) is 2.79. The molecule has 1 heterocycles. The molecule has 0 unspecified atom stereocenters. The molecule has 0 saturated carbocycles. The van der Waals surface area contributed by atoms with E-state index < -0.39 is 9.84 Å². The van der Waals surface area contributed by atoms with E-state index in [1.54, 1.807) is 6.08 Å². The van der Waals surface area contributed by atoms with Gasteiger partial charge in [0.25, 0.3) is 0 Å². The molecule has 0 fully saturated rings. The molecule has 0 bridgehead atoms. The Morgan fingerprint density at radius 1 is 1.09 bits per heavy atom. The Morgan fingerprint density at radius 3 is 2.41 bits per heavy atom. The third-order valence-electron chi connectivity index (χ3n) is 3.70. The fourth-order valence-electron chi connectivity index (χ4n) is 2.41. The Balaban J connectivity index is 2.10. The summed E-state index contributed by atoms with van der Waals surface area (Å²) in [6, 6.07) is 10.3. The minimum absolute atomic E-state index is 0.799. The van der Waals surface area contributed by atoms with E-state index >= 15 is 0 Å². The summed E-state index contributed by atoms with van der Waals surface area (Å²) in [4.78, 5) is 0. The van der Waals surface area contributed by atoms with Gasteiger partial charge in [0.2, 0.25) is 0 Å². The van der Waals surface area contributed by atoms with Crippen LogP contribution in [0.2, 0.25) is 0 Å². The summed E-state index contributed by atoms with van der Waals surface area (Å²) in [6.07, 6.45) is 5.60. The van der Waals surface area contributed by atoms with Crippen molar-refractivity contribution in [2.24, 2.45) is 0 Å². The van der Waals surface area contributed by atoms with Crippen LogP contribution in [0.3, 0.4) is 0 Å². The Kier molecular flexibility index (Phi) is 5.24. The summed E-state index contributed by atoms with van der Waals surface area (Å²) in [5, 5.41) is 1.24. The van der Waals surface area contributed by atoms with Gasteiger partial charge in [-0.2, -0.15) is 0 Å². The predicted molar refractivity (Wildman–Crippen MR) is 90.5 cm³/mol. The topological polar surface area (TPSA) is 47.3 Å². The van der Waals surface area contributed by atoms with Gasteiger partial charge in [0, 0.05) is 23.6 Å². The molecule has 2 rings (SSSR count). The zero-order valence-electron chi connectivity index (χ0n) is 13.3. The number of furan rings is 1. The van der Waals surface area contributed by atoms with Crippen molar-refractivity contribution < 1.29 is 12.8 Å². The van der Waals surface area contributed by atoms with E-state index in [4.69, 9.17) is 4.42 Å². The number of rotatable bonds is 6. The summed E-state index contributed by atoms with van der Waals surface area (Å²) in [5.74, 6) is 1.72. The predicted octanol–water partition coefficient (Wildman–Crippen LogP) is 4.09. The van der Waals surface area contributed by atoms with Crippen LogP contribution >= 0.6 is 0 Å². The van der Waals surface area contributed by atoms with Gasteiger partial charge in [-0.25, -0.2) is 8.42 Å². The molecule has 0 amide bonds. The van der Waals surface area contributed by atoms with Gasteiger partial charge in [-0.15, -0.1) is 0 Å². The van der Waals surface area contributed by atoms with Crippen molar-refractivity contribution in [1.82, 2.24) is 0 Å². The van der Waals surface area contributed by atoms with Crippen LogP contribution in [0.1, 0.15) is 34.6 Å². The van der Waals surface area contributed by atoms with Gasteiger partial charge < -0.3 is 4.42 Å². The van der Waals surface area contributed by atoms with Crippen molar-refractivity contribution >= 4 is 15.9 Å². The zero-order valence-corrected chi connectivity index (χ0v) is 14.1. The number of benzene rings is 1. The molecule has 0 spiro atoms. The Labute approximate surface area is 132 Å². The number of aryl methyl sites for hydroxylation is 3. The van der Waals surface area contributed by atoms with Crippen molar-refractivity contribution in [3.8, 4) is 0 Å². The smallest absolute Gasteiger partial charge is 0.168 e. The van der Waals surface area contributed by atoms with Crippen LogP contribution in [0.15, 0.2) is 40.2 Å². The maximum absolute atomic E-state index is 11.3. The van der Waals surface area contributed by atoms with E-state index in [1.807, 2.05) is 32.0 Å². The molecule has 1 aromatic carbocycles. The third-order valence-corrected chi connectivity index (χ3v) is 4.33. The monoisotopic (exact) mass is 318 g/mol. The number of hydrogen-bond donors (Lipinski definition) is 0. The summed E-state index contributed by atoms with van der Waals surface area (Å²) in [5.41, 5.74) is 3.21. The van der Waals surface area contributed by atoms with Gasteiger partial charge in [-0.1, -0.05) is 30.3 Å². The maximum Gasteiger partial charge on any atom is 0.168 e. The minimum Gasteiger partial charge on any atom is -0.465 e. The first kappa shape index (κ1) is 16.6. The lowest BCUT2D eigenvalue weighted by Gasteiger charge is -2.01. The lowest BCUT2D eigenvalue weighted by atomic mass is 10.0. The number of hydrogen-bond acceptors (Lipinski definition) is 3. The highest BCUT2D eigenvalue weighted by Crippen LogP contribution is 2.25. The summed E-state index contributed by atoms with van der Waals surface area (Å²) in [7, 11) is -3.13. The van der Waals surface area contributed by atoms with Crippen LogP contribution in [0.25, 0.3) is 6.08 Å². The van der Waals surface area contributed by atoms with Crippen molar-refractivity contribution in [3.63, 3.8) is 0 Å². The second kappa shape index (κ2) is 6.97. The SMILES string of the molecule is Cc1oc(CCCc2ccccc2)c(/C=C/S(C)(=O)=O)c1C. The van der Waals surface area contributed by atoms with Crippen molar-refractivity contribution in [1.29, 1.82) is 0 Å². The largest absolute Gasteiger partial charge is 0.465 e. The van der Waals surface area contributed by atoms with Crippen LogP contribution in [0.4, 0.5) is 0 Å². The molecule has 4 heteroatoms. The second-order valence-corrected chi connectivity index (χ2v) is 7.52. The molecule has 0 aliphatic heterocycles. The van der Waals surface area contributed by atoms with Crippen molar-refractivity contribution in [3.05, 3.63) is 64.0 Å². The summed E-state index contributed by atoms with van der Waals surface area (Å²) < 4.78 is 28.4. The Hall–Kier alpha value is -1.81. The molecular weight excluding hydrogens is 296 g/mol. The lowest BCUT2D eigenvalue weighted by molar-refractivity contribution is 0.475. The second-order valence-electron chi connectivity index (χ2n) is 5.59. The summed E-state index contributed by atoms with van der Waals surface area (Å²) in [6.45, 7) is 3.87. The quantitative estimate of drug-likeness (QED) is 0.806. The maximum atomic E-state index is 11.3. The molecule has 0 radical (unpaired) electrons. The molecule has 0 saturated heterocycles. The molecule has 2 aromatic rings. The fraction of sp³-hybridized carbons (Fsp3) is 0.333. The highest BCUT2D eigenvalue weighted by molar-refractivity contribution is 7.93. The first-order valence-corrected chi connectivity index (χ1v) is 9.33. The van der Waals surface area contributed by atoms with Crippen LogP contribution < -0.4 is 0 Å². The number of sulfone groups is 1. The van der Waals surface area contributed by atoms with Crippen LogP contribution in [-0.4, -0.2) is 14.7 Å². The van der Waals surface area contributed by atoms with Gasteiger partial charge in [-0.05, 0) is 43.9 Å². The molecule has 118 valence electrons. The minimum atomic E-state index is -3.13. The van der Waals surface area contributed by atoms with Crippen LogP contribution in [0, 0.1) is 13.8 Å². The van der Waals surface area contributed by atoms with Crippen LogP contribution in [-0.2, 0) is 22.7 Å². The molecule has 0 atom stereocenters. The van der Waals surface area contributed by atoms with E-state index in [2.05, 4.69) is 12.1 Å². The van der Waals surface area contributed by atoms with E-state index in [0.717, 1.165) is 41.9 Å². The van der Waals surface area contributed by atoms with Gasteiger partial charge >= 0.3 is 0 Å². The van der Waals surface area contributed by atoms with Crippen molar-refractivity contribution in [2.45, 2.75) is 33.1 Å². The lowest BCUT2D eigenvalue weighted by Crippen LogP contribution is -1.92. The van der Waals surface area contributed by atoms with E-state index in [1.165, 1.54) is 17.2 Å². The third kappa shape index (κ3) is 4.60. The highest BCUT2D eigenvalue weighted by atomic mass is 32.2. The van der Waals surface area contributed by atoms with Gasteiger partial charge in [0.05, 0.1) is 0 Å². The Morgan fingerprint density at radius 2 is 1.77 bits per heavy atom. The molecular formula is C18H22O3S. The zero-order chi connectivity index (χ0) is 16.2. The molecule has 0 N–H and O–H groups in total. The molecule has 3 nitrogen and oxygen atoms in total. The highest BCUT2D eigenvalue weighted by Gasteiger charge is 2.12. The Bertz CT molecular complexity index is 753.